The maximum atomic E-state index is 6.21. The van der Waals surface area contributed by atoms with Gasteiger partial charge in [0.1, 0.15) is 0 Å². The summed E-state index contributed by atoms with van der Waals surface area (Å²) < 4.78 is 5.95. The van der Waals surface area contributed by atoms with Crippen molar-refractivity contribution in [3.63, 3.8) is 0 Å². The SMILES string of the molecule is CC1CCC(CN)(N2CCOC3CCCC32)CC1. The van der Waals surface area contributed by atoms with E-state index in [1.54, 1.807) is 0 Å². The number of rotatable bonds is 2. The molecule has 0 bridgehead atoms. The van der Waals surface area contributed by atoms with Gasteiger partial charge in [0.05, 0.1) is 12.7 Å². The Morgan fingerprint density at radius 2 is 2.00 bits per heavy atom. The average Bonchev–Trinajstić information content (AvgIpc) is 2.88. The molecular formula is C15H28N2O. The van der Waals surface area contributed by atoms with E-state index < -0.39 is 0 Å². The van der Waals surface area contributed by atoms with Crippen molar-refractivity contribution < 1.29 is 4.74 Å². The van der Waals surface area contributed by atoms with E-state index in [-0.39, 0.29) is 0 Å². The van der Waals surface area contributed by atoms with Crippen LogP contribution in [0.5, 0.6) is 0 Å². The van der Waals surface area contributed by atoms with Crippen molar-refractivity contribution in [2.75, 3.05) is 19.7 Å². The molecule has 1 aliphatic heterocycles. The highest BCUT2D eigenvalue weighted by Gasteiger charge is 2.46. The summed E-state index contributed by atoms with van der Waals surface area (Å²) in [7, 11) is 0. The highest BCUT2D eigenvalue weighted by atomic mass is 16.5. The molecule has 2 N–H and O–H groups in total. The second-order valence-corrected chi connectivity index (χ2v) is 6.71. The van der Waals surface area contributed by atoms with Crippen LogP contribution in [0.15, 0.2) is 0 Å². The molecule has 3 nitrogen and oxygen atoms in total. The van der Waals surface area contributed by atoms with E-state index in [1.807, 2.05) is 0 Å². The van der Waals surface area contributed by atoms with Gasteiger partial charge in [0.15, 0.2) is 0 Å². The van der Waals surface area contributed by atoms with Crippen LogP contribution >= 0.6 is 0 Å². The normalized spacial score (nSPS) is 46.0. The zero-order valence-corrected chi connectivity index (χ0v) is 11.7. The van der Waals surface area contributed by atoms with Crippen LogP contribution in [0.1, 0.15) is 51.9 Å². The Morgan fingerprint density at radius 1 is 1.22 bits per heavy atom. The number of ether oxygens (including phenoxy) is 1. The predicted octanol–water partition coefficient (Wildman–Crippen LogP) is 2.15. The number of nitrogens with two attached hydrogens (primary N) is 1. The number of nitrogens with zero attached hydrogens (tertiary/aromatic N) is 1. The molecule has 3 rings (SSSR count). The van der Waals surface area contributed by atoms with E-state index in [9.17, 15) is 0 Å². The lowest BCUT2D eigenvalue weighted by molar-refractivity contribution is -0.108. The van der Waals surface area contributed by atoms with Gasteiger partial charge in [-0.1, -0.05) is 6.92 Å². The number of hydrogen-bond donors (Lipinski definition) is 1. The molecule has 2 unspecified atom stereocenters. The van der Waals surface area contributed by atoms with E-state index >= 15 is 0 Å². The first-order valence-corrected chi connectivity index (χ1v) is 7.83. The molecular weight excluding hydrogens is 224 g/mol. The molecule has 2 aliphatic carbocycles. The molecule has 1 heterocycles. The van der Waals surface area contributed by atoms with E-state index in [0.717, 1.165) is 25.6 Å². The Bertz CT molecular complexity index is 286. The Balaban J connectivity index is 1.77. The first-order valence-electron chi connectivity index (χ1n) is 7.83. The predicted molar refractivity (Wildman–Crippen MR) is 73.5 cm³/mol. The standard InChI is InChI=1S/C15H28N2O/c1-12-5-7-15(11-16,8-6-12)17-9-10-18-14-4-2-3-13(14)17/h12-14H,2-11,16H2,1H3. The van der Waals surface area contributed by atoms with Gasteiger partial charge in [-0.05, 0) is 50.9 Å². The van der Waals surface area contributed by atoms with Gasteiger partial charge >= 0.3 is 0 Å². The Kier molecular flexibility index (Phi) is 3.65. The zero-order valence-electron chi connectivity index (χ0n) is 11.7. The van der Waals surface area contributed by atoms with Crippen LogP contribution < -0.4 is 5.73 Å². The minimum atomic E-state index is 0.295. The molecule has 2 saturated carbocycles. The van der Waals surface area contributed by atoms with Gasteiger partial charge in [-0.25, -0.2) is 0 Å². The van der Waals surface area contributed by atoms with Crippen LogP contribution in [0.2, 0.25) is 0 Å². The molecule has 0 amide bonds. The zero-order chi connectivity index (χ0) is 12.6. The monoisotopic (exact) mass is 252 g/mol. The molecule has 1 saturated heterocycles. The van der Waals surface area contributed by atoms with Gasteiger partial charge in [-0.3, -0.25) is 4.90 Å². The molecule has 2 atom stereocenters. The molecule has 0 spiro atoms. The summed E-state index contributed by atoms with van der Waals surface area (Å²) in [5, 5.41) is 0. The molecule has 3 heteroatoms. The number of morpholine rings is 1. The second kappa shape index (κ2) is 5.10. The lowest BCUT2D eigenvalue weighted by Crippen LogP contribution is -2.63. The first kappa shape index (κ1) is 12.9. The minimum Gasteiger partial charge on any atom is -0.375 e. The van der Waals surface area contributed by atoms with Gasteiger partial charge in [-0.2, -0.15) is 0 Å². The van der Waals surface area contributed by atoms with Crippen molar-refractivity contribution in [2.45, 2.75) is 69.6 Å². The third kappa shape index (κ3) is 2.10. The Labute approximate surface area is 111 Å². The molecule has 0 aromatic heterocycles. The first-order chi connectivity index (χ1) is 8.75. The number of fused-ring (bicyclic) bond motifs is 1. The molecule has 104 valence electrons. The van der Waals surface area contributed by atoms with Crippen LogP contribution in [-0.4, -0.2) is 42.3 Å². The highest BCUT2D eigenvalue weighted by Crippen LogP contribution is 2.41. The van der Waals surface area contributed by atoms with E-state index in [4.69, 9.17) is 10.5 Å². The van der Waals surface area contributed by atoms with E-state index in [1.165, 1.54) is 44.9 Å². The fourth-order valence-corrected chi connectivity index (χ4v) is 4.42. The second-order valence-electron chi connectivity index (χ2n) is 6.71. The summed E-state index contributed by atoms with van der Waals surface area (Å²) in [4.78, 5) is 2.76. The molecule has 0 aromatic carbocycles. The summed E-state index contributed by atoms with van der Waals surface area (Å²) in [6.45, 7) is 5.24. The summed E-state index contributed by atoms with van der Waals surface area (Å²) in [6, 6.07) is 0.663. The fourth-order valence-electron chi connectivity index (χ4n) is 4.42. The van der Waals surface area contributed by atoms with Crippen LogP contribution in [0.25, 0.3) is 0 Å². The molecule has 3 aliphatic rings. The fraction of sp³-hybridized carbons (Fsp3) is 1.00. The van der Waals surface area contributed by atoms with Crippen molar-refractivity contribution in [3.05, 3.63) is 0 Å². The summed E-state index contributed by atoms with van der Waals surface area (Å²) in [5.41, 5.74) is 6.51. The van der Waals surface area contributed by atoms with Gasteiger partial charge in [0, 0.05) is 24.7 Å². The van der Waals surface area contributed by atoms with Gasteiger partial charge in [0.25, 0.3) is 0 Å². The highest BCUT2D eigenvalue weighted by molar-refractivity contribution is 5.02. The largest absolute Gasteiger partial charge is 0.375 e. The van der Waals surface area contributed by atoms with Crippen molar-refractivity contribution in [1.82, 2.24) is 4.90 Å². The van der Waals surface area contributed by atoms with Crippen LogP contribution in [0, 0.1) is 5.92 Å². The van der Waals surface area contributed by atoms with Gasteiger partial charge < -0.3 is 10.5 Å². The van der Waals surface area contributed by atoms with Gasteiger partial charge in [-0.15, -0.1) is 0 Å². The van der Waals surface area contributed by atoms with Crippen LogP contribution in [0.3, 0.4) is 0 Å². The van der Waals surface area contributed by atoms with Crippen molar-refractivity contribution in [2.24, 2.45) is 11.7 Å². The van der Waals surface area contributed by atoms with E-state index in [0.29, 0.717) is 17.7 Å². The lowest BCUT2D eigenvalue weighted by atomic mass is 9.75. The quantitative estimate of drug-likeness (QED) is 0.818. The lowest BCUT2D eigenvalue weighted by Gasteiger charge is -2.53. The van der Waals surface area contributed by atoms with Crippen molar-refractivity contribution in [1.29, 1.82) is 0 Å². The van der Waals surface area contributed by atoms with Gasteiger partial charge in [0.2, 0.25) is 0 Å². The van der Waals surface area contributed by atoms with E-state index in [2.05, 4.69) is 11.8 Å². The summed E-state index contributed by atoms with van der Waals surface area (Å²) in [6.07, 6.45) is 9.73. The third-order valence-corrected chi connectivity index (χ3v) is 5.68. The minimum absolute atomic E-state index is 0.295. The average molecular weight is 252 g/mol. The third-order valence-electron chi connectivity index (χ3n) is 5.68. The molecule has 0 radical (unpaired) electrons. The molecule has 18 heavy (non-hydrogen) atoms. The van der Waals surface area contributed by atoms with Crippen molar-refractivity contribution in [3.8, 4) is 0 Å². The van der Waals surface area contributed by atoms with Crippen LogP contribution in [0.4, 0.5) is 0 Å². The topological polar surface area (TPSA) is 38.5 Å². The van der Waals surface area contributed by atoms with Crippen LogP contribution in [-0.2, 0) is 4.74 Å². The van der Waals surface area contributed by atoms with Crippen molar-refractivity contribution >= 4 is 0 Å². The molecule has 3 fully saturated rings. The summed E-state index contributed by atoms with van der Waals surface area (Å²) >= 11 is 0. The summed E-state index contributed by atoms with van der Waals surface area (Å²) in [5.74, 6) is 0.894. The number of hydrogen-bond acceptors (Lipinski definition) is 3. The maximum absolute atomic E-state index is 6.21. The molecule has 0 aromatic rings. The maximum Gasteiger partial charge on any atom is 0.0731 e. The smallest absolute Gasteiger partial charge is 0.0731 e. The Morgan fingerprint density at radius 3 is 2.72 bits per heavy atom. The Hall–Kier alpha value is -0.120.